The Hall–Kier alpha value is -1.92. The first-order valence-electron chi connectivity index (χ1n) is 11.9. The largest absolute Gasteiger partial charge is 0.393 e. The van der Waals surface area contributed by atoms with Gasteiger partial charge in [0.2, 0.25) is 17.7 Å². The van der Waals surface area contributed by atoms with Crippen LogP contribution in [0.15, 0.2) is 24.3 Å². The van der Waals surface area contributed by atoms with Gasteiger partial charge in [0.1, 0.15) is 0 Å². The van der Waals surface area contributed by atoms with Gasteiger partial charge >= 0.3 is 0 Å². The van der Waals surface area contributed by atoms with Gasteiger partial charge in [-0.2, -0.15) is 0 Å². The number of imide groups is 1. The van der Waals surface area contributed by atoms with Gasteiger partial charge < -0.3 is 10.0 Å². The molecule has 3 aliphatic rings. The molecular formula is C25H33ClN2O4. The highest BCUT2D eigenvalue weighted by Crippen LogP contribution is 2.45. The van der Waals surface area contributed by atoms with E-state index in [9.17, 15) is 19.5 Å². The number of hydrogen-bond acceptors (Lipinski definition) is 4. The third-order valence-electron chi connectivity index (χ3n) is 7.74. The number of amides is 3. The Morgan fingerprint density at radius 1 is 1.16 bits per heavy atom. The molecule has 2 aliphatic heterocycles. The maximum atomic E-state index is 13.8. The van der Waals surface area contributed by atoms with E-state index in [2.05, 4.69) is 0 Å². The number of piperidine rings is 1. The molecule has 0 bridgehead atoms. The molecule has 32 heavy (non-hydrogen) atoms. The van der Waals surface area contributed by atoms with Gasteiger partial charge in [-0.05, 0) is 49.7 Å². The number of likely N-dealkylation sites (tertiary alicyclic amines) is 2. The van der Waals surface area contributed by atoms with Gasteiger partial charge in [0.15, 0.2) is 0 Å². The molecule has 1 aliphatic carbocycles. The van der Waals surface area contributed by atoms with E-state index < -0.39 is 5.41 Å². The summed E-state index contributed by atoms with van der Waals surface area (Å²) < 4.78 is 0. The average molecular weight is 461 g/mol. The number of rotatable bonds is 6. The third-order valence-corrected chi connectivity index (χ3v) is 8.07. The highest BCUT2D eigenvalue weighted by molar-refractivity contribution is 6.32. The van der Waals surface area contributed by atoms with E-state index in [0.717, 1.165) is 38.5 Å². The van der Waals surface area contributed by atoms with Crippen LogP contribution in [0.5, 0.6) is 0 Å². The van der Waals surface area contributed by atoms with Crippen LogP contribution < -0.4 is 0 Å². The summed E-state index contributed by atoms with van der Waals surface area (Å²) in [6.07, 6.45) is 5.50. The number of benzene rings is 1. The molecule has 0 aromatic heterocycles. The average Bonchev–Trinajstić information content (AvgIpc) is 3.40. The van der Waals surface area contributed by atoms with Crippen molar-refractivity contribution in [1.29, 1.82) is 0 Å². The summed E-state index contributed by atoms with van der Waals surface area (Å²) in [6.45, 7) is 3.09. The Morgan fingerprint density at radius 2 is 1.81 bits per heavy atom. The molecule has 174 valence electrons. The van der Waals surface area contributed by atoms with E-state index in [0.29, 0.717) is 30.1 Å². The van der Waals surface area contributed by atoms with Crippen molar-refractivity contribution >= 4 is 29.3 Å². The lowest BCUT2D eigenvalue weighted by Gasteiger charge is -2.36. The molecule has 6 nitrogen and oxygen atoms in total. The van der Waals surface area contributed by atoms with Crippen molar-refractivity contribution in [1.82, 2.24) is 9.80 Å². The van der Waals surface area contributed by atoms with Crippen molar-refractivity contribution in [3.63, 3.8) is 0 Å². The molecule has 1 N–H and O–H groups in total. The van der Waals surface area contributed by atoms with Crippen LogP contribution in [0.1, 0.15) is 70.3 Å². The van der Waals surface area contributed by atoms with Gasteiger partial charge in [0.05, 0.1) is 11.5 Å². The second kappa shape index (κ2) is 9.52. The van der Waals surface area contributed by atoms with Crippen molar-refractivity contribution in [2.45, 2.75) is 82.3 Å². The number of nitrogens with zero attached hydrogens (tertiary/aromatic N) is 2. The Kier molecular flexibility index (Phi) is 6.91. The monoisotopic (exact) mass is 460 g/mol. The summed E-state index contributed by atoms with van der Waals surface area (Å²) in [7, 11) is 0. The highest BCUT2D eigenvalue weighted by atomic mass is 35.5. The van der Waals surface area contributed by atoms with Gasteiger partial charge in [-0.25, -0.2) is 0 Å². The first kappa shape index (κ1) is 23.2. The topological polar surface area (TPSA) is 77.9 Å². The lowest BCUT2D eigenvalue weighted by molar-refractivity contribution is -0.145. The molecule has 1 aromatic rings. The molecule has 2 heterocycles. The maximum absolute atomic E-state index is 13.8. The molecule has 0 spiro atoms. The minimum absolute atomic E-state index is 0.0111. The second-order valence-electron chi connectivity index (χ2n) is 9.62. The van der Waals surface area contributed by atoms with Gasteiger partial charge in [0, 0.05) is 37.0 Å². The minimum atomic E-state index is -1.24. The summed E-state index contributed by atoms with van der Waals surface area (Å²) in [6, 6.07) is 7.03. The molecule has 2 saturated heterocycles. The molecule has 3 amide bonds. The molecule has 1 saturated carbocycles. The smallest absolute Gasteiger partial charge is 0.241 e. The fourth-order valence-electron chi connectivity index (χ4n) is 5.82. The van der Waals surface area contributed by atoms with Crippen molar-refractivity contribution in [2.24, 2.45) is 5.92 Å². The fourth-order valence-corrected chi connectivity index (χ4v) is 6.14. The van der Waals surface area contributed by atoms with Crippen molar-refractivity contribution in [3.05, 3.63) is 34.9 Å². The van der Waals surface area contributed by atoms with Crippen molar-refractivity contribution in [3.8, 4) is 0 Å². The zero-order valence-electron chi connectivity index (χ0n) is 18.8. The van der Waals surface area contributed by atoms with E-state index >= 15 is 0 Å². The van der Waals surface area contributed by atoms with E-state index in [1.54, 1.807) is 29.2 Å². The van der Waals surface area contributed by atoms with Gasteiger partial charge in [-0.3, -0.25) is 19.3 Å². The zero-order valence-corrected chi connectivity index (χ0v) is 19.5. The summed E-state index contributed by atoms with van der Waals surface area (Å²) >= 11 is 6.52. The third kappa shape index (κ3) is 4.19. The SMILES string of the molecule is CC[C@H](O)C1CCN(C(=O)C[C@@]2(c3ccccc3Cl)CC(=O)N(C3CCCC3)C2=O)CC1. The lowest BCUT2D eigenvalue weighted by atomic mass is 9.75. The Labute approximate surface area is 194 Å². The molecule has 2 atom stereocenters. The second-order valence-corrected chi connectivity index (χ2v) is 10.0. The predicted octanol–water partition coefficient (Wildman–Crippen LogP) is 3.68. The quantitative estimate of drug-likeness (QED) is 0.657. The van der Waals surface area contributed by atoms with Gasteiger partial charge in [-0.1, -0.05) is 49.6 Å². The molecule has 1 aromatic carbocycles. The summed E-state index contributed by atoms with van der Waals surface area (Å²) in [4.78, 5) is 43.5. The Morgan fingerprint density at radius 3 is 2.44 bits per heavy atom. The number of halogens is 1. The predicted molar refractivity (Wildman–Crippen MR) is 122 cm³/mol. The Balaban J connectivity index is 1.59. The van der Waals surface area contributed by atoms with Crippen LogP contribution in [0, 0.1) is 5.92 Å². The van der Waals surface area contributed by atoms with Gasteiger partial charge in [-0.15, -0.1) is 0 Å². The first-order chi connectivity index (χ1) is 15.4. The summed E-state index contributed by atoms with van der Waals surface area (Å²) in [5.74, 6) is -0.385. The molecule has 7 heteroatoms. The normalized spacial score (nSPS) is 26.2. The highest BCUT2D eigenvalue weighted by Gasteiger charge is 2.56. The fraction of sp³-hybridized carbons (Fsp3) is 0.640. The molecule has 4 rings (SSSR count). The number of hydrogen-bond donors (Lipinski definition) is 1. The van der Waals surface area contributed by atoms with Crippen LogP contribution in [0.25, 0.3) is 0 Å². The molecule has 3 fully saturated rings. The molecule has 0 radical (unpaired) electrons. The van der Waals surface area contributed by atoms with E-state index in [1.807, 2.05) is 6.92 Å². The van der Waals surface area contributed by atoms with Crippen LogP contribution >= 0.6 is 11.6 Å². The van der Waals surface area contributed by atoms with Crippen LogP contribution in [0.4, 0.5) is 0 Å². The van der Waals surface area contributed by atoms with Crippen molar-refractivity contribution in [2.75, 3.05) is 13.1 Å². The molecule has 0 unspecified atom stereocenters. The van der Waals surface area contributed by atoms with Crippen LogP contribution in [-0.2, 0) is 19.8 Å². The maximum Gasteiger partial charge on any atom is 0.241 e. The van der Waals surface area contributed by atoms with Crippen LogP contribution in [-0.4, -0.2) is 57.9 Å². The van der Waals surface area contributed by atoms with E-state index in [1.165, 1.54) is 4.90 Å². The molecular weight excluding hydrogens is 428 g/mol. The summed E-state index contributed by atoms with van der Waals surface area (Å²) in [5, 5.41) is 10.6. The van der Waals surface area contributed by atoms with Crippen molar-refractivity contribution < 1.29 is 19.5 Å². The lowest BCUT2D eigenvalue weighted by Crippen LogP contribution is -2.47. The van der Waals surface area contributed by atoms with Crippen LogP contribution in [0.2, 0.25) is 5.02 Å². The van der Waals surface area contributed by atoms with Gasteiger partial charge in [0.25, 0.3) is 0 Å². The van der Waals surface area contributed by atoms with E-state index in [4.69, 9.17) is 11.6 Å². The Bertz CT molecular complexity index is 876. The first-order valence-corrected chi connectivity index (χ1v) is 12.3. The van der Waals surface area contributed by atoms with E-state index in [-0.39, 0.29) is 48.6 Å². The number of carbonyl (C=O) groups excluding carboxylic acids is 3. The number of carbonyl (C=O) groups is 3. The zero-order chi connectivity index (χ0) is 22.9. The standard InChI is InChI=1S/C25H33ClN2O4/c1-2-21(29)17-11-13-27(14-12-17)22(30)15-25(19-9-5-6-10-20(19)26)16-23(31)28(24(25)32)18-7-3-4-8-18/h5-6,9-10,17-18,21,29H,2-4,7-8,11-16H2,1H3/t21-,25-/m0/s1. The number of aliphatic hydroxyl groups excluding tert-OH is 1. The van der Waals surface area contributed by atoms with Crippen LogP contribution in [0.3, 0.4) is 0 Å². The minimum Gasteiger partial charge on any atom is -0.393 e. The summed E-state index contributed by atoms with van der Waals surface area (Å²) in [5.41, 5.74) is -0.667. The number of aliphatic hydroxyl groups is 1.